The molecule has 0 saturated heterocycles. The number of aliphatic hydroxyl groups is 1. The Bertz CT molecular complexity index is 194. The van der Waals surface area contributed by atoms with Crippen molar-refractivity contribution in [3.05, 3.63) is 0 Å². The molecule has 0 heterocycles. The standard InChI is InChI=1S/C12H25NO2/c1-9-4-11(6-12(2,3)5-9)15-8-10(14)7-13/h9-11,14H,4-8,13H2,1-3H3/t9-,10-,11+/m1/s1. The quantitative estimate of drug-likeness (QED) is 0.748. The smallest absolute Gasteiger partial charge is 0.0895 e. The maximum Gasteiger partial charge on any atom is 0.0895 e. The van der Waals surface area contributed by atoms with Crippen LogP contribution < -0.4 is 5.73 Å². The van der Waals surface area contributed by atoms with Crippen molar-refractivity contribution in [1.29, 1.82) is 0 Å². The van der Waals surface area contributed by atoms with Crippen molar-refractivity contribution in [3.8, 4) is 0 Å². The van der Waals surface area contributed by atoms with Crippen LogP contribution in [0.1, 0.15) is 40.0 Å². The predicted molar refractivity (Wildman–Crippen MR) is 61.6 cm³/mol. The van der Waals surface area contributed by atoms with Gasteiger partial charge in [-0.2, -0.15) is 0 Å². The molecule has 0 bridgehead atoms. The van der Waals surface area contributed by atoms with Crippen LogP contribution in [0.15, 0.2) is 0 Å². The summed E-state index contributed by atoms with van der Waals surface area (Å²) < 4.78 is 5.71. The first-order chi connectivity index (χ1) is 6.93. The summed E-state index contributed by atoms with van der Waals surface area (Å²) in [6.45, 7) is 7.52. The minimum atomic E-state index is -0.509. The van der Waals surface area contributed by atoms with E-state index in [1.54, 1.807) is 0 Å². The first kappa shape index (κ1) is 12.9. The van der Waals surface area contributed by atoms with Crippen LogP contribution >= 0.6 is 0 Å². The van der Waals surface area contributed by atoms with E-state index in [9.17, 15) is 5.11 Å². The zero-order valence-electron chi connectivity index (χ0n) is 10.2. The van der Waals surface area contributed by atoms with Gasteiger partial charge in [-0.3, -0.25) is 0 Å². The van der Waals surface area contributed by atoms with Gasteiger partial charge >= 0.3 is 0 Å². The Labute approximate surface area is 93.0 Å². The van der Waals surface area contributed by atoms with Crippen LogP contribution in [-0.2, 0) is 4.74 Å². The minimum absolute atomic E-state index is 0.283. The van der Waals surface area contributed by atoms with Crippen molar-refractivity contribution < 1.29 is 9.84 Å². The van der Waals surface area contributed by atoms with Gasteiger partial charge in [0.15, 0.2) is 0 Å². The summed E-state index contributed by atoms with van der Waals surface area (Å²) in [5.74, 6) is 0.716. The molecule has 1 rings (SSSR count). The van der Waals surface area contributed by atoms with Crippen LogP contribution in [0.4, 0.5) is 0 Å². The number of ether oxygens (including phenoxy) is 1. The van der Waals surface area contributed by atoms with Crippen LogP contribution in [0, 0.1) is 11.3 Å². The molecule has 0 radical (unpaired) electrons. The lowest BCUT2D eigenvalue weighted by molar-refractivity contribution is -0.0535. The highest BCUT2D eigenvalue weighted by atomic mass is 16.5. The van der Waals surface area contributed by atoms with Crippen molar-refractivity contribution in [2.24, 2.45) is 17.1 Å². The topological polar surface area (TPSA) is 55.5 Å². The fourth-order valence-electron chi connectivity index (χ4n) is 2.70. The molecule has 1 aliphatic rings. The summed E-state index contributed by atoms with van der Waals surface area (Å²) in [5, 5.41) is 9.33. The van der Waals surface area contributed by atoms with E-state index in [4.69, 9.17) is 10.5 Å². The molecule has 0 aliphatic heterocycles. The highest BCUT2D eigenvalue weighted by Crippen LogP contribution is 2.39. The normalized spacial score (nSPS) is 32.6. The van der Waals surface area contributed by atoms with E-state index in [0.29, 0.717) is 24.0 Å². The second-order valence-electron chi connectivity index (χ2n) is 5.76. The van der Waals surface area contributed by atoms with Gasteiger partial charge in [0.25, 0.3) is 0 Å². The first-order valence-corrected chi connectivity index (χ1v) is 5.92. The van der Waals surface area contributed by atoms with Gasteiger partial charge in [0.05, 0.1) is 18.8 Å². The van der Waals surface area contributed by atoms with Crippen molar-refractivity contribution in [1.82, 2.24) is 0 Å². The van der Waals surface area contributed by atoms with E-state index < -0.39 is 6.10 Å². The van der Waals surface area contributed by atoms with Crippen molar-refractivity contribution in [2.75, 3.05) is 13.2 Å². The lowest BCUT2D eigenvalue weighted by Crippen LogP contribution is -2.35. The molecular weight excluding hydrogens is 190 g/mol. The van der Waals surface area contributed by atoms with Gasteiger partial charge in [0.1, 0.15) is 0 Å². The summed E-state index contributed by atoms with van der Waals surface area (Å²) in [7, 11) is 0. The second kappa shape index (κ2) is 5.28. The summed E-state index contributed by atoms with van der Waals surface area (Å²) in [6, 6.07) is 0. The van der Waals surface area contributed by atoms with E-state index in [2.05, 4.69) is 20.8 Å². The number of hydrogen-bond acceptors (Lipinski definition) is 3. The predicted octanol–water partition coefficient (Wildman–Crippen LogP) is 1.54. The zero-order chi connectivity index (χ0) is 11.5. The van der Waals surface area contributed by atoms with Crippen molar-refractivity contribution >= 4 is 0 Å². The molecule has 3 N–H and O–H groups in total. The first-order valence-electron chi connectivity index (χ1n) is 5.92. The third-order valence-corrected chi connectivity index (χ3v) is 3.14. The fraction of sp³-hybridized carbons (Fsp3) is 1.00. The average Bonchev–Trinajstić information content (AvgIpc) is 2.11. The molecule has 1 saturated carbocycles. The van der Waals surface area contributed by atoms with E-state index >= 15 is 0 Å². The molecule has 15 heavy (non-hydrogen) atoms. The van der Waals surface area contributed by atoms with Crippen LogP contribution in [0.2, 0.25) is 0 Å². The van der Waals surface area contributed by atoms with Gasteiger partial charge in [-0.1, -0.05) is 20.8 Å². The van der Waals surface area contributed by atoms with Gasteiger partial charge < -0.3 is 15.6 Å². The van der Waals surface area contributed by atoms with E-state index in [1.807, 2.05) is 0 Å². The highest BCUT2D eigenvalue weighted by molar-refractivity contribution is 4.83. The van der Waals surface area contributed by atoms with Crippen LogP contribution in [0.5, 0.6) is 0 Å². The maximum absolute atomic E-state index is 9.33. The Morgan fingerprint density at radius 3 is 2.67 bits per heavy atom. The SMILES string of the molecule is C[C@@H]1C[C@H](OC[C@H](O)CN)CC(C)(C)C1. The fourth-order valence-corrected chi connectivity index (χ4v) is 2.70. The Morgan fingerprint density at radius 1 is 1.47 bits per heavy atom. The molecule has 0 unspecified atom stereocenters. The second-order valence-corrected chi connectivity index (χ2v) is 5.76. The van der Waals surface area contributed by atoms with Gasteiger partial charge in [-0.05, 0) is 30.6 Å². The van der Waals surface area contributed by atoms with Crippen LogP contribution in [0.3, 0.4) is 0 Å². The average molecular weight is 215 g/mol. The summed E-state index contributed by atoms with van der Waals surface area (Å²) >= 11 is 0. The van der Waals surface area contributed by atoms with Crippen molar-refractivity contribution in [3.63, 3.8) is 0 Å². The van der Waals surface area contributed by atoms with Gasteiger partial charge in [-0.25, -0.2) is 0 Å². The maximum atomic E-state index is 9.33. The Morgan fingerprint density at radius 2 is 2.13 bits per heavy atom. The van der Waals surface area contributed by atoms with Gasteiger partial charge in [0.2, 0.25) is 0 Å². The third-order valence-electron chi connectivity index (χ3n) is 3.14. The van der Waals surface area contributed by atoms with Crippen LogP contribution in [0.25, 0.3) is 0 Å². The van der Waals surface area contributed by atoms with Gasteiger partial charge in [-0.15, -0.1) is 0 Å². The minimum Gasteiger partial charge on any atom is -0.389 e. The van der Waals surface area contributed by atoms with Crippen LogP contribution in [-0.4, -0.2) is 30.5 Å². The molecule has 3 nitrogen and oxygen atoms in total. The largest absolute Gasteiger partial charge is 0.389 e. The molecule has 1 fully saturated rings. The number of aliphatic hydroxyl groups excluding tert-OH is 1. The van der Waals surface area contributed by atoms with E-state index in [0.717, 1.165) is 12.8 Å². The molecule has 3 atom stereocenters. The third kappa shape index (κ3) is 4.49. The molecule has 0 spiro atoms. The summed E-state index contributed by atoms with van der Waals surface area (Å²) in [5.41, 5.74) is 5.71. The van der Waals surface area contributed by atoms with E-state index in [-0.39, 0.29) is 6.54 Å². The molecule has 0 aromatic carbocycles. The molecule has 1 aliphatic carbocycles. The Hall–Kier alpha value is -0.120. The zero-order valence-corrected chi connectivity index (χ0v) is 10.2. The molecule has 0 aromatic heterocycles. The molecular formula is C12H25NO2. The number of nitrogens with two attached hydrogens (primary N) is 1. The Kier molecular flexibility index (Phi) is 4.56. The lowest BCUT2D eigenvalue weighted by Gasteiger charge is -2.39. The lowest BCUT2D eigenvalue weighted by atomic mass is 9.71. The molecule has 0 amide bonds. The van der Waals surface area contributed by atoms with Crippen molar-refractivity contribution in [2.45, 2.75) is 52.2 Å². The molecule has 90 valence electrons. The highest BCUT2D eigenvalue weighted by Gasteiger charge is 2.32. The van der Waals surface area contributed by atoms with Gasteiger partial charge in [0, 0.05) is 6.54 Å². The summed E-state index contributed by atoms with van der Waals surface area (Å²) in [6.07, 6.45) is 3.26. The summed E-state index contributed by atoms with van der Waals surface area (Å²) in [4.78, 5) is 0. The monoisotopic (exact) mass is 215 g/mol. The number of hydrogen-bond donors (Lipinski definition) is 2. The number of rotatable bonds is 4. The van der Waals surface area contributed by atoms with E-state index in [1.165, 1.54) is 6.42 Å². The Balaban J connectivity index is 2.35. The molecule has 0 aromatic rings. The molecule has 3 heteroatoms.